The highest BCUT2D eigenvalue weighted by Gasteiger charge is 2.69. The lowest BCUT2D eigenvalue weighted by Gasteiger charge is -2.59. The monoisotopic (exact) mass is 505 g/mol. The van der Waals surface area contributed by atoms with Crippen molar-refractivity contribution in [1.82, 2.24) is 5.32 Å². The third-order valence-electron chi connectivity index (χ3n) is 8.55. The molecule has 2 bridgehead atoms. The van der Waals surface area contributed by atoms with Crippen LogP contribution in [0.1, 0.15) is 64.9 Å². The molecule has 8 atom stereocenters. The van der Waals surface area contributed by atoms with E-state index < -0.39 is 29.9 Å². The summed E-state index contributed by atoms with van der Waals surface area (Å²) in [6, 6.07) is 6.15. The van der Waals surface area contributed by atoms with Gasteiger partial charge in [-0.3, -0.25) is 9.59 Å². The van der Waals surface area contributed by atoms with E-state index in [9.17, 15) is 14.0 Å². The Balaban J connectivity index is 1.15. The van der Waals surface area contributed by atoms with E-state index in [2.05, 4.69) is 12.2 Å². The van der Waals surface area contributed by atoms with Crippen molar-refractivity contribution in [3.63, 3.8) is 0 Å². The summed E-state index contributed by atoms with van der Waals surface area (Å²) >= 11 is 0. The Morgan fingerprint density at radius 1 is 1.08 bits per heavy atom. The van der Waals surface area contributed by atoms with Crippen LogP contribution in [-0.4, -0.2) is 42.4 Å². The molecule has 6 rings (SSSR count). The van der Waals surface area contributed by atoms with E-state index in [1.807, 2.05) is 13.8 Å². The van der Waals surface area contributed by atoms with Crippen LogP contribution in [0.3, 0.4) is 0 Å². The molecule has 1 spiro atoms. The maximum absolute atomic E-state index is 13.0. The second-order valence-corrected chi connectivity index (χ2v) is 11.0. The molecule has 5 aliphatic rings. The van der Waals surface area contributed by atoms with Gasteiger partial charge in [0, 0.05) is 31.2 Å². The van der Waals surface area contributed by atoms with Crippen molar-refractivity contribution in [2.24, 2.45) is 23.7 Å². The first-order valence-electron chi connectivity index (χ1n) is 13.1. The first-order valence-corrected chi connectivity index (χ1v) is 13.1. The Bertz CT molecular complexity index is 973. The predicted molar refractivity (Wildman–Crippen MR) is 125 cm³/mol. The molecule has 1 saturated carbocycles. The van der Waals surface area contributed by atoms with Gasteiger partial charge in [-0.25, -0.2) is 14.2 Å². The number of benzene rings is 1. The summed E-state index contributed by atoms with van der Waals surface area (Å²) < 4.78 is 31.3. The maximum atomic E-state index is 13.0. The lowest BCUT2D eigenvalue weighted by molar-refractivity contribution is -0.576. The third-order valence-corrected chi connectivity index (χ3v) is 8.55. The fraction of sp³-hybridized carbons (Fsp3) is 0.704. The molecular formula is C27H36FNO7. The molecule has 0 aromatic heterocycles. The fourth-order valence-corrected chi connectivity index (χ4v) is 6.50. The molecule has 1 aromatic carbocycles. The van der Waals surface area contributed by atoms with E-state index in [0.29, 0.717) is 25.3 Å². The number of halogens is 1. The van der Waals surface area contributed by atoms with E-state index in [1.165, 1.54) is 12.1 Å². The molecule has 8 nitrogen and oxygen atoms in total. The summed E-state index contributed by atoms with van der Waals surface area (Å²) in [7, 11) is 0. The smallest absolute Gasteiger partial charge is 0.308 e. The molecule has 4 aliphatic heterocycles. The molecule has 1 aliphatic carbocycles. The van der Waals surface area contributed by atoms with Gasteiger partial charge in [-0.15, -0.1) is 0 Å². The largest absolute Gasteiger partial charge is 0.435 e. The minimum absolute atomic E-state index is 0.0191. The van der Waals surface area contributed by atoms with E-state index in [-0.39, 0.29) is 42.3 Å². The summed E-state index contributed by atoms with van der Waals surface area (Å²) in [5.41, 5.74) is 0.217. The number of hydrogen-bond acceptors (Lipinski definition) is 7. The molecule has 198 valence electrons. The number of rotatable bonds is 7. The zero-order chi connectivity index (χ0) is 25.5. The summed E-state index contributed by atoms with van der Waals surface area (Å²) in [6.07, 6.45) is 2.71. The SMILES string of the molecule is C[C@H]1[C@@H](OC(=O)CCC(=O)NCCc2ccc(F)cc2)O[C@@H]2O[C@@]3(C)CC[C@@H]4[C@H](C)CC[C@H]1[C@@]24OO3. The topological polar surface area (TPSA) is 92.3 Å². The number of amides is 1. The van der Waals surface area contributed by atoms with Crippen molar-refractivity contribution >= 4 is 11.9 Å². The van der Waals surface area contributed by atoms with Crippen molar-refractivity contribution < 1.29 is 38.0 Å². The van der Waals surface area contributed by atoms with Crippen LogP contribution in [0.5, 0.6) is 0 Å². The highest BCUT2D eigenvalue weighted by molar-refractivity contribution is 5.81. The van der Waals surface area contributed by atoms with Crippen LogP contribution >= 0.6 is 0 Å². The third kappa shape index (κ3) is 4.78. The average molecular weight is 506 g/mol. The second-order valence-electron chi connectivity index (χ2n) is 11.0. The molecule has 4 heterocycles. The minimum atomic E-state index is -0.890. The summed E-state index contributed by atoms with van der Waals surface area (Å²) in [5.74, 6) is -1.27. The Hall–Kier alpha value is -2.07. The van der Waals surface area contributed by atoms with Gasteiger partial charge >= 0.3 is 5.97 Å². The van der Waals surface area contributed by atoms with Crippen molar-refractivity contribution in [2.75, 3.05) is 6.54 Å². The highest BCUT2D eigenvalue weighted by atomic mass is 19.1. The van der Waals surface area contributed by atoms with Gasteiger partial charge in [0.05, 0.1) is 6.42 Å². The molecule has 36 heavy (non-hydrogen) atoms. The van der Waals surface area contributed by atoms with Crippen LogP contribution in [0.4, 0.5) is 4.39 Å². The van der Waals surface area contributed by atoms with Gasteiger partial charge in [-0.1, -0.05) is 26.0 Å². The molecular weight excluding hydrogens is 469 g/mol. The van der Waals surface area contributed by atoms with E-state index in [1.54, 1.807) is 12.1 Å². The van der Waals surface area contributed by atoms with Crippen LogP contribution in [0.2, 0.25) is 0 Å². The van der Waals surface area contributed by atoms with Gasteiger partial charge in [-0.2, -0.15) is 0 Å². The van der Waals surface area contributed by atoms with Crippen molar-refractivity contribution in [2.45, 2.75) is 89.7 Å². The number of hydrogen-bond donors (Lipinski definition) is 1. The Morgan fingerprint density at radius 2 is 1.86 bits per heavy atom. The summed E-state index contributed by atoms with van der Waals surface area (Å²) in [6.45, 7) is 6.53. The molecule has 1 aromatic rings. The fourth-order valence-electron chi connectivity index (χ4n) is 6.50. The normalized spacial score (nSPS) is 39.1. The van der Waals surface area contributed by atoms with Crippen LogP contribution in [-0.2, 0) is 40.0 Å². The zero-order valence-electron chi connectivity index (χ0n) is 21.2. The van der Waals surface area contributed by atoms with Gasteiger partial charge in [0.25, 0.3) is 0 Å². The summed E-state index contributed by atoms with van der Waals surface area (Å²) in [4.78, 5) is 36.8. The number of ether oxygens (including phenoxy) is 3. The van der Waals surface area contributed by atoms with Crippen LogP contribution in [0.15, 0.2) is 24.3 Å². The Kier molecular flexibility index (Phi) is 7.11. The summed E-state index contributed by atoms with van der Waals surface area (Å²) in [5, 5.41) is 2.79. The molecule has 0 radical (unpaired) electrons. The predicted octanol–water partition coefficient (Wildman–Crippen LogP) is 4.02. The molecule has 4 saturated heterocycles. The van der Waals surface area contributed by atoms with Crippen molar-refractivity contribution in [3.8, 4) is 0 Å². The quantitative estimate of drug-likeness (QED) is 0.442. The van der Waals surface area contributed by atoms with E-state index >= 15 is 0 Å². The van der Waals surface area contributed by atoms with Gasteiger partial charge in [0.1, 0.15) is 5.82 Å². The van der Waals surface area contributed by atoms with Gasteiger partial charge in [0.2, 0.25) is 18.0 Å². The average Bonchev–Trinajstić information content (AvgIpc) is 3.08. The Labute approximate surface area is 211 Å². The minimum Gasteiger partial charge on any atom is -0.435 e. The number of fused-ring (bicyclic) bond motifs is 2. The molecule has 1 N–H and O–H groups in total. The van der Waals surface area contributed by atoms with E-state index in [4.69, 9.17) is 24.0 Å². The van der Waals surface area contributed by atoms with E-state index in [0.717, 1.165) is 24.8 Å². The van der Waals surface area contributed by atoms with Crippen LogP contribution in [0, 0.1) is 29.5 Å². The maximum Gasteiger partial charge on any atom is 0.308 e. The molecule has 0 unspecified atom stereocenters. The standard InChI is InChI=1S/C27H36FNO7/c1-16-4-9-21-17(2)24(33-25-27(21)20(16)12-14-26(3,34-25)35-36-27)32-23(31)11-10-22(30)29-15-13-18-5-7-19(28)8-6-18/h5-8,16-17,20-21,24-25H,4,9-15H2,1-3H3,(H,29,30)/t16-,17-,20-,21-,24+,25-,26-,27-/m1/s1. The second kappa shape index (κ2) is 10.0. The zero-order valence-corrected chi connectivity index (χ0v) is 21.2. The van der Waals surface area contributed by atoms with Gasteiger partial charge < -0.3 is 19.5 Å². The number of carbonyl (C=O) groups is 2. The van der Waals surface area contributed by atoms with Crippen molar-refractivity contribution in [1.29, 1.82) is 0 Å². The first-order chi connectivity index (χ1) is 17.2. The lowest BCUT2D eigenvalue weighted by atomic mass is 9.58. The number of esters is 1. The molecule has 5 fully saturated rings. The molecule has 1 amide bonds. The van der Waals surface area contributed by atoms with Crippen molar-refractivity contribution in [3.05, 3.63) is 35.6 Å². The van der Waals surface area contributed by atoms with Gasteiger partial charge in [-0.05, 0) is 62.1 Å². The van der Waals surface area contributed by atoms with Crippen LogP contribution in [0.25, 0.3) is 0 Å². The number of carbonyl (C=O) groups excluding carboxylic acids is 2. The highest BCUT2D eigenvalue weighted by Crippen LogP contribution is 2.60. The lowest BCUT2D eigenvalue weighted by Crippen LogP contribution is -2.70. The number of nitrogens with one attached hydrogen (secondary N) is 1. The Morgan fingerprint density at radius 3 is 2.64 bits per heavy atom. The molecule has 9 heteroatoms. The van der Waals surface area contributed by atoms with Crippen LogP contribution < -0.4 is 5.32 Å². The first kappa shape index (κ1) is 25.6. The van der Waals surface area contributed by atoms with Gasteiger partial charge in [0.15, 0.2) is 11.9 Å².